The lowest BCUT2D eigenvalue weighted by atomic mass is 9.91. The fourth-order valence-corrected chi connectivity index (χ4v) is 5.92. The highest BCUT2D eigenvalue weighted by Gasteiger charge is 2.30. The zero-order chi connectivity index (χ0) is 35.4. The van der Waals surface area contributed by atoms with E-state index in [-0.39, 0.29) is 36.3 Å². The molecule has 0 aliphatic carbocycles. The van der Waals surface area contributed by atoms with Crippen LogP contribution in [0.1, 0.15) is 36.0 Å². The molecule has 0 spiro atoms. The predicted octanol–water partition coefficient (Wildman–Crippen LogP) is 8.63. The Morgan fingerprint density at radius 1 is 0.745 bits per heavy atom. The van der Waals surface area contributed by atoms with Crippen molar-refractivity contribution in [2.24, 2.45) is 0 Å². The molecule has 1 atom stereocenters. The van der Waals surface area contributed by atoms with Crippen LogP contribution in [0.4, 0.5) is 4.79 Å². The summed E-state index contributed by atoms with van der Waals surface area (Å²) in [5, 5.41) is 0.265. The van der Waals surface area contributed by atoms with Gasteiger partial charge in [-0.2, -0.15) is 0 Å². The van der Waals surface area contributed by atoms with Gasteiger partial charge in [-0.15, -0.1) is 0 Å². The van der Waals surface area contributed by atoms with Crippen LogP contribution in [0.3, 0.4) is 0 Å². The number of benzene rings is 5. The number of hydrogen-bond donors (Lipinski definition) is 0. The van der Waals surface area contributed by atoms with Crippen LogP contribution in [-0.4, -0.2) is 42.8 Å². The number of amides is 1. The largest absolute Gasteiger partial charge is 0.489 e. The van der Waals surface area contributed by atoms with Crippen LogP contribution in [0.15, 0.2) is 155 Å². The monoisotopic (exact) mass is 681 g/mol. The van der Waals surface area contributed by atoms with Crippen molar-refractivity contribution in [3.05, 3.63) is 173 Å². The van der Waals surface area contributed by atoms with E-state index in [1.165, 1.54) is 11.0 Å². The molecule has 0 aliphatic rings. The number of ether oxygens (including phenoxy) is 3. The lowest BCUT2D eigenvalue weighted by Crippen LogP contribution is -2.43. The van der Waals surface area contributed by atoms with E-state index >= 15 is 0 Å². The van der Waals surface area contributed by atoms with Crippen molar-refractivity contribution < 1.29 is 28.2 Å². The first kappa shape index (κ1) is 34.7. The number of carbonyl (C=O) groups is 2. The van der Waals surface area contributed by atoms with Gasteiger partial charge in [0, 0.05) is 18.2 Å². The van der Waals surface area contributed by atoms with Crippen LogP contribution >= 0.6 is 0 Å². The normalized spacial score (nSPS) is 11.6. The highest BCUT2D eigenvalue weighted by molar-refractivity contribution is 5.85. The van der Waals surface area contributed by atoms with Gasteiger partial charge in [0.15, 0.2) is 11.5 Å². The van der Waals surface area contributed by atoms with Gasteiger partial charge in [0.1, 0.15) is 41.6 Å². The van der Waals surface area contributed by atoms with Gasteiger partial charge in [0.05, 0.1) is 6.54 Å². The van der Waals surface area contributed by atoms with Crippen LogP contribution in [0.25, 0.3) is 22.3 Å². The average Bonchev–Trinajstić information content (AvgIpc) is 3.17. The molecule has 0 saturated carbocycles. The van der Waals surface area contributed by atoms with Gasteiger partial charge in [-0.25, -0.2) is 4.79 Å². The first-order valence-electron chi connectivity index (χ1n) is 17.0. The maximum Gasteiger partial charge on any atom is 0.410 e. The van der Waals surface area contributed by atoms with Gasteiger partial charge in [0.2, 0.25) is 0 Å². The molecule has 1 unspecified atom stereocenters. The predicted molar refractivity (Wildman–Crippen MR) is 197 cm³/mol. The van der Waals surface area contributed by atoms with E-state index in [0.717, 1.165) is 22.3 Å². The number of carbonyl (C=O) groups excluding carboxylic acids is 2. The quantitative estimate of drug-likeness (QED) is 0.106. The Labute approximate surface area is 296 Å². The van der Waals surface area contributed by atoms with E-state index in [0.29, 0.717) is 24.3 Å². The van der Waals surface area contributed by atoms with Crippen LogP contribution in [0.5, 0.6) is 5.75 Å². The van der Waals surface area contributed by atoms with Crippen LogP contribution < -0.4 is 10.2 Å². The third-order valence-corrected chi connectivity index (χ3v) is 8.36. The number of esters is 1. The molecule has 6 aromatic rings. The number of hydrogen-bond acceptors (Lipinski definition) is 7. The molecule has 1 aromatic heterocycles. The summed E-state index contributed by atoms with van der Waals surface area (Å²) in [6, 6.07) is 44.2. The number of fused-ring (bicyclic) bond motifs is 1. The molecule has 0 radical (unpaired) electrons. The first-order valence-corrected chi connectivity index (χ1v) is 17.0. The van der Waals surface area contributed by atoms with E-state index < -0.39 is 24.1 Å². The van der Waals surface area contributed by atoms with Crippen molar-refractivity contribution in [1.82, 2.24) is 4.90 Å². The highest BCUT2D eigenvalue weighted by Crippen LogP contribution is 2.29. The second kappa shape index (κ2) is 17.0. The Hall–Kier alpha value is -6.15. The third kappa shape index (κ3) is 8.91. The molecule has 258 valence electrons. The van der Waals surface area contributed by atoms with Gasteiger partial charge in [-0.3, -0.25) is 9.59 Å². The van der Waals surface area contributed by atoms with E-state index in [1.54, 1.807) is 18.2 Å². The topological polar surface area (TPSA) is 95.3 Å². The Kier molecular flexibility index (Phi) is 11.6. The van der Waals surface area contributed by atoms with E-state index in [9.17, 15) is 14.4 Å². The summed E-state index contributed by atoms with van der Waals surface area (Å²) in [5.41, 5.74) is 3.25. The summed E-state index contributed by atoms with van der Waals surface area (Å²) in [5.74, 6) is -0.506. The maximum atomic E-state index is 14.1. The third-order valence-electron chi connectivity index (χ3n) is 8.36. The molecule has 6 rings (SSSR count). The second-order valence-corrected chi connectivity index (χ2v) is 12.1. The molecule has 0 fully saturated rings. The first-order chi connectivity index (χ1) is 25.0. The van der Waals surface area contributed by atoms with Gasteiger partial charge in [-0.05, 0) is 35.2 Å². The Bertz CT molecular complexity index is 2040. The average molecular weight is 682 g/mol. The van der Waals surface area contributed by atoms with Crippen molar-refractivity contribution in [1.29, 1.82) is 0 Å². The van der Waals surface area contributed by atoms with Gasteiger partial charge in [-0.1, -0.05) is 134 Å². The SMILES string of the molecule is CCCN(CC(COc1cccc2oc(-c3ccccc3)cc(=O)c12)OC(=O)C(c1ccccc1)c1ccccc1)C(=O)OCc1ccccc1. The van der Waals surface area contributed by atoms with Crippen molar-refractivity contribution in [2.75, 3.05) is 19.7 Å². The standard InChI is InChI=1S/C43H39NO7/c1-2-26-44(43(47)49-29-31-16-7-3-8-17-31)28-35(50-42(46)40(33-20-11-5-12-21-33)34-22-13-6-14-23-34)30-48-37-24-15-25-38-41(37)36(45)27-39(51-38)32-18-9-4-10-19-32/h3-25,27,35,40H,2,26,28-30H2,1H3. The summed E-state index contributed by atoms with van der Waals surface area (Å²) < 4.78 is 24.3. The summed E-state index contributed by atoms with van der Waals surface area (Å²) in [4.78, 5) is 42.6. The van der Waals surface area contributed by atoms with Crippen molar-refractivity contribution in [3.63, 3.8) is 0 Å². The van der Waals surface area contributed by atoms with Crippen LogP contribution in [0, 0.1) is 0 Å². The lowest BCUT2D eigenvalue weighted by molar-refractivity contribution is -0.152. The Morgan fingerprint density at radius 3 is 1.98 bits per heavy atom. The summed E-state index contributed by atoms with van der Waals surface area (Å²) in [6.45, 7) is 2.27. The minimum absolute atomic E-state index is 0.00102. The lowest BCUT2D eigenvalue weighted by Gasteiger charge is -2.28. The zero-order valence-electron chi connectivity index (χ0n) is 28.4. The van der Waals surface area contributed by atoms with Crippen LogP contribution in [0.2, 0.25) is 0 Å². The highest BCUT2D eigenvalue weighted by atomic mass is 16.6. The van der Waals surface area contributed by atoms with E-state index in [4.69, 9.17) is 18.6 Å². The molecule has 8 nitrogen and oxygen atoms in total. The fraction of sp³-hybridized carbons (Fsp3) is 0.186. The minimum Gasteiger partial charge on any atom is -0.489 e. The number of nitrogens with zero attached hydrogens (tertiary/aromatic N) is 1. The van der Waals surface area contributed by atoms with Gasteiger partial charge >= 0.3 is 12.1 Å². The molecule has 1 heterocycles. The minimum atomic E-state index is -0.922. The van der Waals surface area contributed by atoms with E-state index in [1.807, 2.05) is 128 Å². The second-order valence-electron chi connectivity index (χ2n) is 12.1. The van der Waals surface area contributed by atoms with Crippen LogP contribution in [-0.2, 0) is 20.9 Å². The Balaban J connectivity index is 1.28. The fourth-order valence-electron chi connectivity index (χ4n) is 5.92. The molecular weight excluding hydrogens is 642 g/mol. The Morgan fingerprint density at radius 2 is 1.35 bits per heavy atom. The van der Waals surface area contributed by atoms with Gasteiger partial charge in [0.25, 0.3) is 0 Å². The molecular formula is C43H39NO7. The van der Waals surface area contributed by atoms with E-state index in [2.05, 4.69) is 0 Å². The molecule has 0 N–H and O–H groups in total. The molecule has 51 heavy (non-hydrogen) atoms. The zero-order valence-corrected chi connectivity index (χ0v) is 28.4. The molecule has 1 amide bonds. The number of rotatable bonds is 14. The molecule has 5 aromatic carbocycles. The molecule has 0 saturated heterocycles. The summed E-state index contributed by atoms with van der Waals surface area (Å²) >= 11 is 0. The van der Waals surface area contributed by atoms with Crippen molar-refractivity contribution in [2.45, 2.75) is 32.0 Å². The molecule has 8 heteroatoms. The summed E-state index contributed by atoms with van der Waals surface area (Å²) in [7, 11) is 0. The van der Waals surface area contributed by atoms with Crippen molar-refractivity contribution >= 4 is 23.0 Å². The summed E-state index contributed by atoms with van der Waals surface area (Å²) in [6.07, 6.45) is -0.815. The smallest absolute Gasteiger partial charge is 0.410 e. The molecule has 0 bridgehead atoms. The maximum absolute atomic E-state index is 14.1. The molecule has 0 aliphatic heterocycles. The van der Waals surface area contributed by atoms with Crippen molar-refractivity contribution in [3.8, 4) is 17.1 Å². The van der Waals surface area contributed by atoms with Gasteiger partial charge < -0.3 is 23.5 Å².